The largest absolute Gasteiger partial charge is 0.411 e. The summed E-state index contributed by atoms with van der Waals surface area (Å²) in [4.78, 5) is 14.6. The Hall–Kier alpha value is -3.11. The van der Waals surface area contributed by atoms with E-state index < -0.39 is 5.25 Å². The molecule has 0 aliphatic carbocycles. The number of hydrogen-bond donors (Lipinski definition) is 0. The molecule has 1 aromatic heterocycles. The Balaban J connectivity index is 1.72. The van der Waals surface area contributed by atoms with Gasteiger partial charge in [-0.1, -0.05) is 47.7 Å². The van der Waals surface area contributed by atoms with Crippen molar-refractivity contribution in [3.63, 3.8) is 0 Å². The van der Waals surface area contributed by atoms with E-state index in [1.165, 1.54) is 11.8 Å². The zero-order chi connectivity index (χ0) is 19.9. The lowest BCUT2D eigenvalue weighted by atomic mass is 10.1. The Bertz CT molecular complexity index is 964. The van der Waals surface area contributed by atoms with Crippen LogP contribution in [0, 0.1) is 18.3 Å². The second-order valence-corrected chi connectivity index (χ2v) is 7.52. The highest BCUT2D eigenvalue weighted by Gasteiger charge is 2.24. The van der Waals surface area contributed by atoms with Crippen molar-refractivity contribution >= 4 is 23.4 Å². The molecule has 0 saturated heterocycles. The smallest absolute Gasteiger partial charge is 0.277 e. The molecule has 0 N–H and O–H groups in total. The molecular weight excluding hydrogens is 372 g/mol. The van der Waals surface area contributed by atoms with E-state index in [1.54, 1.807) is 11.8 Å². The number of aryl methyl sites for hydroxylation is 1. The average molecular weight is 392 g/mol. The molecule has 3 rings (SSSR count). The van der Waals surface area contributed by atoms with Crippen LogP contribution in [0.2, 0.25) is 0 Å². The van der Waals surface area contributed by atoms with Gasteiger partial charge in [-0.15, -0.1) is 10.2 Å². The number of nitrogens with zero attached hydrogens (tertiary/aromatic N) is 4. The van der Waals surface area contributed by atoms with Gasteiger partial charge in [0, 0.05) is 17.8 Å². The number of rotatable bonds is 7. The second-order valence-electron chi connectivity index (χ2n) is 6.23. The highest BCUT2D eigenvalue weighted by molar-refractivity contribution is 8.00. The normalized spacial score (nSPS) is 11.6. The summed E-state index contributed by atoms with van der Waals surface area (Å²) >= 11 is 1.21. The Labute approximate surface area is 168 Å². The Morgan fingerprint density at radius 2 is 1.89 bits per heavy atom. The van der Waals surface area contributed by atoms with Gasteiger partial charge in [0.25, 0.3) is 5.22 Å². The van der Waals surface area contributed by atoms with Gasteiger partial charge in [0.1, 0.15) is 0 Å². The van der Waals surface area contributed by atoms with Gasteiger partial charge in [0.15, 0.2) is 0 Å². The van der Waals surface area contributed by atoms with Crippen LogP contribution in [0.1, 0.15) is 18.9 Å². The predicted octanol–water partition coefficient (Wildman–Crippen LogP) is 4.47. The van der Waals surface area contributed by atoms with E-state index >= 15 is 0 Å². The van der Waals surface area contributed by atoms with Crippen LogP contribution in [0.4, 0.5) is 5.69 Å². The van der Waals surface area contributed by atoms with Gasteiger partial charge < -0.3 is 9.32 Å². The summed E-state index contributed by atoms with van der Waals surface area (Å²) < 4.78 is 5.71. The summed E-state index contributed by atoms with van der Waals surface area (Å²) in [5.41, 5.74) is 2.75. The predicted molar refractivity (Wildman–Crippen MR) is 109 cm³/mol. The molecule has 0 unspecified atom stereocenters. The van der Waals surface area contributed by atoms with Crippen LogP contribution < -0.4 is 4.90 Å². The SMILES string of the molecule is Cc1ccc(-c2nnc(S[C@H](C)C(=O)N(CCC#N)c3ccccc3)o2)cc1. The first-order chi connectivity index (χ1) is 13.6. The summed E-state index contributed by atoms with van der Waals surface area (Å²) in [5, 5.41) is 16.9. The molecule has 6 nitrogen and oxygen atoms in total. The fraction of sp³-hybridized carbons (Fsp3) is 0.238. The minimum Gasteiger partial charge on any atom is -0.411 e. The van der Waals surface area contributed by atoms with Gasteiger partial charge in [0.05, 0.1) is 17.7 Å². The number of amides is 1. The second kappa shape index (κ2) is 9.20. The lowest BCUT2D eigenvalue weighted by Gasteiger charge is -2.24. The van der Waals surface area contributed by atoms with E-state index in [9.17, 15) is 4.79 Å². The van der Waals surface area contributed by atoms with E-state index in [-0.39, 0.29) is 12.3 Å². The van der Waals surface area contributed by atoms with E-state index in [0.29, 0.717) is 17.7 Å². The van der Waals surface area contributed by atoms with Gasteiger partial charge in [-0.3, -0.25) is 4.79 Å². The summed E-state index contributed by atoms with van der Waals surface area (Å²) in [6.07, 6.45) is 0.260. The lowest BCUT2D eigenvalue weighted by Crippen LogP contribution is -2.37. The first-order valence-corrected chi connectivity index (χ1v) is 9.77. The molecule has 0 aliphatic heterocycles. The third-order valence-corrected chi connectivity index (χ3v) is 5.03. The third-order valence-electron chi connectivity index (χ3n) is 4.11. The van der Waals surface area contributed by atoms with Crippen LogP contribution in [0.3, 0.4) is 0 Å². The molecule has 7 heteroatoms. The molecule has 1 atom stereocenters. The Morgan fingerprint density at radius 3 is 2.57 bits per heavy atom. The molecule has 3 aromatic rings. The zero-order valence-corrected chi connectivity index (χ0v) is 16.5. The molecule has 142 valence electrons. The topological polar surface area (TPSA) is 83.0 Å². The van der Waals surface area contributed by atoms with E-state index in [4.69, 9.17) is 9.68 Å². The van der Waals surface area contributed by atoms with Crippen LogP contribution in [-0.4, -0.2) is 27.9 Å². The molecule has 1 amide bonds. The number of para-hydroxylation sites is 1. The van der Waals surface area contributed by atoms with Crippen molar-refractivity contribution in [3.05, 3.63) is 60.2 Å². The number of benzene rings is 2. The van der Waals surface area contributed by atoms with Crippen molar-refractivity contribution in [3.8, 4) is 17.5 Å². The molecule has 2 aromatic carbocycles. The van der Waals surface area contributed by atoms with Gasteiger partial charge in [-0.2, -0.15) is 5.26 Å². The minimum atomic E-state index is -0.440. The van der Waals surface area contributed by atoms with E-state index in [0.717, 1.165) is 16.8 Å². The summed E-state index contributed by atoms with van der Waals surface area (Å²) in [7, 11) is 0. The molecular formula is C21H20N4O2S. The van der Waals surface area contributed by atoms with Crippen LogP contribution in [0.25, 0.3) is 11.5 Å². The third kappa shape index (κ3) is 4.78. The van der Waals surface area contributed by atoms with Crippen molar-refractivity contribution < 1.29 is 9.21 Å². The quantitative estimate of drug-likeness (QED) is 0.552. The highest BCUT2D eigenvalue weighted by Crippen LogP contribution is 2.28. The van der Waals surface area contributed by atoms with Crippen LogP contribution in [0.15, 0.2) is 64.2 Å². The summed E-state index contributed by atoms with van der Waals surface area (Å²) in [6.45, 7) is 4.14. The Morgan fingerprint density at radius 1 is 1.18 bits per heavy atom. The van der Waals surface area contributed by atoms with E-state index in [1.807, 2.05) is 61.5 Å². The maximum Gasteiger partial charge on any atom is 0.277 e. The minimum absolute atomic E-state index is 0.110. The van der Waals surface area contributed by atoms with Crippen LogP contribution >= 0.6 is 11.8 Å². The van der Waals surface area contributed by atoms with Gasteiger partial charge in [0.2, 0.25) is 11.8 Å². The fourth-order valence-electron chi connectivity index (χ4n) is 2.63. The lowest BCUT2D eigenvalue weighted by molar-refractivity contribution is -0.117. The highest BCUT2D eigenvalue weighted by atomic mass is 32.2. The number of anilines is 1. The average Bonchev–Trinajstić information content (AvgIpc) is 3.18. The molecule has 0 radical (unpaired) electrons. The summed E-state index contributed by atoms with van der Waals surface area (Å²) in [6, 6.07) is 19.2. The number of hydrogen-bond acceptors (Lipinski definition) is 6. The fourth-order valence-corrected chi connectivity index (χ4v) is 3.37. The first-order valence-electron chi connectivity index (χ1n) is 8.89. The molecule has 28 heavy (non-hydrogen) atoms. The number of nitriles is 1. The van der Waals surface area contributed by atoms with E-state index in [2.05, 4.69) is 16.3 Å². The number of carbonyl (C=O) groups is 1. The molecule has 0 bridgehead atoms. The van der Waals surface area contributed by atoms with Crippen molar-refractivity contribution in [1.29, 1.82) is 5.26 Å². The van der Waals surface area contributed by atoms with Crippen molar-refractivity contribution in [2.24, 2.45) is 0 Å². The number of aromatic nitrogens is 2. The van der Waals surface area contributed by atoms with Crippen molar-refractivity contribution in [2.75, 3.05) is 11.4 Å². The molecule has 0 aliphatic rings. The van der Waals surface area contributed by atoms with Crippen LogP contribution in [-0.2, 0) is 4.79 Å². The van der Waals surface area contributed by atoms with Crippen molar-refractivity contribution in [1.82, 2.24) is 10.2 Å². The maximum absolute atomic E-state index is 13.0. The summed E-state index contributed by atoms with van der Waals surface area (Å²) in [5.74, 6) is 0.313. The maximum atomic E-state index is 13.0. The van der Waals surface area contributed by atoms with Crippen molar-refractivity contribution in [2.45, 2.75) is 30.7 Å². The standard InChI is InChI=1S/C21H20N4O2S/c1-15-9-11-17(12-10-15)19-23-24-21(27-19)28-16(2)20(26)25(14-6-13-22)18-7-4-3-5-8-18/h3-5,7-12,16H,6,14H2,1-2H3/t16-/m1/s1. The monoisotopic (exact) mass is 392 g/mol. The van der Waals surface area contributed by atoms with Gasteiger partial charge >= 0.3 is 0 Å². The molecule has 1 heterocycles. The number of carbonyl (C=O) groups excluding carboxylic acids is 1. The zero-order valence-electron chi connectivity index (χ0n) is 15.7. The van der Waals surface area contributed by atoms with Gasteiger partial charge in [-0.25, -0.2) is 0 Å². The molecule has 0 spiro atoms. The first kappa shape index (κ1) is 19.6. The number of thioether (sulfide) groups is 1. The molecule has 0 fully saturated rings. The Kier molecular flexibility index (Phi) is 6.45. The van der Waals surface area contributed by atoms with Crippen LogP contribution in [0.5, 0.6) is 0 Å². The molecule has 0 saturated carbocycles. The van der Waals surface area contributed by atoms with Gasteiger partial charge in [-0.05, 0) is 38.1 Å².